The van der Waals surface area contributed by atoms with E-state index in [1.54, 1.807) is 23.0 Å². The van der Waals surface area contributed by atoms with E-state index in [9.17, 15) is 10.1 Å². The van der Waals surface area contributed by atoms with Crippen LogP contribution in [0.3, 0.4) is 0 Å². The summed E-state index contributed by atoms with van der Waals surface area (Å²) in [7, 11) is 1.42. The van der Waals surface area contributed by atoms with Gasteiger partial charge in [-0.25, -0.2) is 0 Å². The lowest BCUT2D eigenvalue weighted by Crippen LogP contribution is -2.20. The molecule has 0 saturated carbocycles. The quantitative estimate of drug-likeness (QED) is 0.239. The lowest BCUT2D eigenvalue weighted by atomic mass is 10.2. The van der Waals surface area contributed by atoms with Gasteiger partial charge in [0.2, 0.25) is 0 Å². The number of hydrogen-bond acceptors (Lipinski definition) is 5. The van der Waals surface area contributed by atoms with Crippen molar-refractivity contribution >= 4 is 73.7 Å². The highest BCUT2D eigenvalue weighted by atomic mass is 79.9. The standard InChI is InChI=1S/C18H14BrCl2N5O3S/c1-29-16-7-11(26(27)28)3-5-15(16)22-18(30)23-17-12(19)9-25(24-17)8-10-2-4-13(20)14(21)6-10/h2-7,9H,8H2,1H3,(H2,22,23,24,30). The van der Waals surface area contributed by atoms with Gasteiger partial charge in [-0.2, -0.15) is 5.10 Å². The van der Waals surface area contributed by atoms with Crippen molar-refractivity contribution in [3.05, 3.63) is 72.8 Å². The van der Waals surface area contributed by atoms with Crippen molar-refractivity contribution < 1.29 is 9.66 Å². The van der Waals surface area contributed by atoms with E-state index in [1.807, 2.05) is 6.07 Å². The average Bonchev–Trinajstić information content (AvgIpc) is 3.03. The van der Waals surface area contributed by atoms with E-state index in [-0.39, 0.29) is 16.5 Å². The second kappa shape index (κ2) is 9.61. The highest BCUT2D eigenvalue weighted by molar-refractivity contribution is 9.10. The molecule has 156 valence electrons. The molecule has 0 radical (unpaired) electrons. The minimum absolute atomic E-state index is 0.0833. The second-order valence-corrected chi connectivity index (χ2v) is 8.07. The van der Waals surface area contributed by atoms with Crippen LogP contribution >= 0.6 is 51.3 Å². The molecule has 3 aromatic rings. The first kappa shape index (κ1) is 22.3. The van der Waals surface area contributed by atoms with Gasteiger partial charge in [-0.1, -0.05) is 29.3 Å². The van der Waals surface area contributed by atoms with Crippen LogP contribution in [0.1, 0.15) is 5.56 Å². The van der Waals surface area contributed by atoms with Gasteiger partial charge in [0.1, 0.15) is 5.75 Å². The molecule has 0 aliphatic heterocycles. The number of nitrogens with zero attached hydrogens (tertiary/aromatic N) is 3. The zero-order chi connectivity index (χ0) is 21.8. The number of methoxy groups -OCH3 is 1. The van der Waals surface area contributed by atoms with Gasteiger partial charge in [-0.3, -0.25) is 14.8 Å². The molecular formula is C18H14BrCl2N5O3S. The van der Waals surface area contributed by atoms with Gasteiger partial charge in [0.25, 0.3) is 5.69 Å². The van der Waals surface area contributed by atoms with E-state index >= 15 is 0 Å². The summed E-state index contributed by atoms with van der Waals surface area (Å²) in [4.78, 5) is 10.4. The number of hydrogen-bond donors (Lipinski definition) is 2. The molecule has 0 fully saturated rings. The normalized spacial score (nSPS) is 10.5. The molecule has 30 heavy (non-hydrogen) atoms. The van der Waals surface area contributed by atoms with Crippen LogP contribution in [0.2, 0.25) is 10.0 Å². The Morgan fingerprint density at radius 1 is 1.27 bits per heavy atom. The third-order valence-corrected chi connectivity index (χ3v) is 5.45. The van der Waals surface area contributed by atoms with Crippen LogP contribution in [0, 0.1) is 10.1 Å². The van der Waals surface area contributed by atoms with Crippen LogP contribution in [0.25, 0.3) is 0 Å². The van der Waals surface area contributed by atoms with Crippen molar-refractivity contribution in [3.63, 3.8) is 0 Å². The first-order valence-electron chi connectivity index (χ1n) is 8.34. The fourth-order valence-electron chi connectivity index (χ4n) is 2.55. The lowest BCUT2D eigenvalue weighted by Gasteiger charge is -2.12. The Hall–Kier alpha value is -2.40. The van der Waals surface area contributed by atoms with E-state index in [4.69, 9.17) is 40.2 Å². The number of nitro groups is 1. The molecule has 0 saturated heterocycles. The number of rotatable bonds is 6. The van der Waals surface area contributed by atoms with E-state index in [1.165, 1.54) is 25.3 Å². The highest BCUT2D eigenvalue weighted by Gasteiger charge is 2.14. The fourth-order valence-corrected chi connectivity index (χ4v) is 3.49. The zero-order valence-electron chi connectivity index (χ0n) is 15.4. The number of aromatic nitrogens is 2. The Morgan fingerprint density at radius 3 is 2.70 bits per heavy atom. The number of nitrogens with one attached hydrogen (secondary N) is 2. The van der Waals surface area contributed by atoms with Crippen LogP contribution < -0.4 is 15.4 Å². The van der Waals surface area contributed by atoms with Crippen molar-refractivity contribution in [2.75, 3.05) is 17.7 Å². The largest absolute Gasteiger partial charge is 0.494 e. The summed E-state index contributed by atoms with van der Waals surface area (Å²) in [5, 5.41) is 22.5. The minimum atomic E-state index is -0.500. The summed E-state index contributed by atoms with van der Waals surface area (Å²) in [6.07, 6.45) is 1.79. The molecule has 3 rings (SSSR count). The summed E-state index contributed by atoms with van der Waals surface area (Å²) < 4.78 is 7.60. The van der Waals surface area contributed by atoms with Gasteiger partial charge in [-0.15, -0.1) is 0 Å². The SMILES string of the molecule is COc1cc([N+](=O)[O-])ccc1NC(=S)Nc1nn(Cc2ccc(Cl)c(Cl)c2)cc1Br. The third-order valence-electron chi connectivity index (χ3n) is 3.92. The van der Waals surface area contributed by atoms with Gasteiger partial charge < -0.3 is 15.4 Å². The maximum absolute atomic E-state index is 10.9. The predicted molar refractivity (Wildman–Crippen MR) is 125 cm³/mol. The highest BCUT2D eigenvalue weighted by Crippen LogP contribution is 2.29. The molecule has 0 spiro atoms. The molecule has 0 unspecified atom stereocenters. The smallest absolute Gasteiger partial charge is 0.273 e. The topological polar surface area (TPSA) is 94.2 Å². The summed E-state index contributed by atoms with van der Waals surface area (Å²) >= 11 is 20.8. The molecule has 8 nitrogen and oxygen atoms in total. The number of nitro benzene ring substituents is 1. The monoisotopic (exact) mass is 529 g/mol. The van der Waals surface area contributed by atoms with Crippen LogP contribution in [-0.2, 0) is 6.54 Å². The van der Waals surface area contributed by atoms with Crippen molar-refractivity contribution in [2.24, 2.45) is 0 Å². The number of non-ortho nitro benzene ring substituents is 1. The van der Waals surface area contributed by atoms with Crippen molar-refractivity contribution in [3.8, 4) is 5.75 Å². The summed E-state index contributed by atoms with van der Waals surface area (Å²) in [6, 6.07) is 9.56. The predicted octanol–water partition coefficient (Wildman–Crippen LogP) is 5.73. The van der Waals surface area contributed by atoms with Gasteiger partial charge in [-0.05, 0) is 51.9 Å². The van der Waals surface area contributed by atoms with E-state index in [0.29, 0.717) is 32.6 Å². The average molecular weight is 531 g/mol. The van der Waals surface area contributed by atoms with Crippen LogP contribution in [0.15, 0.2) is 47.1 Å². The van der Waals surface area contributed by atoms with Crippen molar-refractivity contribution in [2.45, 2.75) is 6.54 Å². The third kappa shape index (κ3) is 5.39. The molecule has 0 bridgehead atoms. The Labute approximate surface area is 195 Å². The number of benzene rings is 2. The summed E-state index contributed by atoms with van der Waals surface area (Å²) in [6.45, 7) is 0.480. The van der Waals surface area contributed by atoms with Gasteiger partial charge in [0.05, 0.1) is 44.8 Å². The van der Waals surface area contributed by atoms with Gasteiger partial charge in [0, 0.05) is 12.3 Å². The molecule has 2 N–H and O–H groups in total. The number of halogens is 3. The molecule has 0 atom stereocenters. The Balaban J connectivity index is 1.70. The van der Waals surface area contributed by atoms with Crippen LogP contribution in [0.5, 0.6) is 5.75 Å². The Morgan fingerprint density at radius 2 is 2.03 bits per heavy atom. The second-order valence-electron chi connectivity index (χ2n) is 5.99. The molecule has 0 amide bonds. The first-order chi connectivity index (χ1) is 14.3. The number of ether oxygens (including phenoxy) is 1. The Kier molecular flexibility index (Phi) is 7.14. The van der Waals surface area contributed by atoms with E-state index in [0.717, 1.165) is 5.56 Å². The van der Waals surface area contributed by atoms with E-state index in [2.05, 4.69) is 31.7 Å². The number of anilines is 2. The van der Waals surface area contributed by atoms with Crippen molar-refractivity contribution in [1.82, 2.24) is 9.78 Å². The Bertz CT molecular complexity index is 1130. The zero-order valence-corrected chi connectivity index (χ0v) is 19.3. The van der Waals surface area contributed by atoms with E-state index < -0.39 is 4.92 Å². The molecule has 0 aliphatic rings. The first-order valence-corrected chi connectivity index (χ1v) is 10.3. The summed E-state index contributed by atoms with van der Waals surface area (Å²) in [5.41, 5.74) is 1.33. The molecule has 2 aromatic carbocycles. The maximum Gasteiger partial charge on any atom is 0.273 e. The maximum atomic E-state index is 10.9. The summed E-state index contributed by atoms with van der Waals surface area (Å²) in [5.74, 6) is 0.783. The molecule has 1 aromatic heterocycles. The van der Waals surface area contributed by atoms with Gasteiger partial charge >= 0.3 is 0 Å². The van der Waals surface area contributed by atoms with Gasteiger partial charge in [0.15, 0.2) is 10.9 Å². The number of thiocarbonyl (C=S) groups is 1. The molecule has 1 heterocycles. The fraction of sp³-hybridized carbons (Fsp3) is 0.111. The minimum Gasteiger partial charge on any atom is -0.494 e. The lowest BCUT2D eigenvalue weighted by molar-refractivity contribution is -0.384. The van der Waals surface area contributed by atoms with Crippen LogP contribution in [-0.4, -0.2) is 26.9 Å². The molecule has 12 heteroatoms. The molecule has 0 aliphatic carbocycles. The molecular weight excluding hydrogens is 517 g/mol. The van der Waals surface area contributed by atoms with Crippen LogP contribution in [0.4, 0.5) is 17.2 Å². The van der Waals surface area contributed by atoms with Crippen molar-refractivity contribution in [1.29, 1.82) is 0 Å².